The number of ether oxygens (including phenoxy) is 1. The molecule has 0 heterocycles. The number of rotatable bonds is 3. The van der Waals surface area contributed by atoms with Gasteiger partial charge in [-0.25, -0.2) is 8.78 Å². The average molecular weight is 324 g/mol. The molecule has 0 N–H and O–H groups in total. The Morgan fingerprint density at radius 2 is 1.29 bits per heavy atom. The largest absolute Gasteiger partial charge is 0.491 e. The maximum atomic E-state index is 13.9. The Labute approximate surface area is 140 Å². The lowest BCUT2D eigenvalue weighted by Crippen LogP contribution is -1.94. The predicted molar refractivity (Wildman–Crippen MR) is 93.3 cm³/mol. The van der Waals surface area contributed by atoms with Crippen LogP contribution in [0.15, 0.2) is 54.6 Å². The van der Waals surface area contributed by atoms with Crippen molar-refractivity contribution in [3.8, 4) is 28.0 Å². The van der Waals surface area contributed by atoms with Crippen LogP contribution >= 0.6 is 0 Å². The summed E-state index contributed by atoms with van der Waals surface area (Å²) < 4.78 is 32.6. The van der Waals surface area contributed by atoms with Crippen LogP contribution in [-0.2, 0) is 0 Å². The van der Waals surface area contributed by atoms with E-state index in [1.807, 2.05) is 32.0 Å². The second-order valence-electron chi connectivity index (χ2n) is 5.87. The first-order chi connectivity index (χ1) is 11.5. The van der Waals surface area contributed by atoms with E-state index in [1.165, 1.54) is 24.8 Å². The molecule has 0 radical (unpaired) electrons. The summed E-state index contributed by atoms with van der Waals surface area (Å²) in [4.78, 5) is 0. The number of halogens is 2. The van der Waals surface area contributed by atoms with Crippen molar-refractivity contribution < 1.29 is 13.5 Å². The van der Waals surface area contributed by atoms with Gasteiger partial charge in [0.05, 0.1) is 7.11 Å². The van der Waals surface area contributed by atoms with Crippen LogP contribution in [0, 0.1) is 25.5 Å². The van der Waals surface area contributed by atoms with E-state index in [2.05, 4.69) is 24.3 Å². The summed E-state index contributed by atoms with van der Waals surface area (Å²) in [6, 6.07) is 16.7. The third-order valence-corrected chi connectivity index (χ3v) is 4.12. The van der Waals surface area contributed by atoms with Crippen LogP contribution in [-0.4, -0.2) is 7.11 Å². The molecule has 3 heteroatoms. The highest BCUT2D eigenvalue weighted by Gasteiger charge is 2.14. The molecule has 3 rings (SSSR count). The highest BCUT2D eigenvalue weighted by atomic mass is 19.1. The molecule has 0 bridgehead atoms. The molecule has 0 aliphatic rings. The van der Waals surface area contributed by atoms with Gasteiger partial charge in [-0.05, 0) is 53.8 Å². The molecule has 0 fully saturated rings. The summed E-state index contributed by atoms with van der Waals surface area (Å²) in [7, 11) is 1.25. The molecule has 1 nitrogen and oxygen atoms in total. The monoisotopic (exact) mass is 324 g/mol. The highest BCUT2D eigenvalue weighted by molar-refractivity contribution is 5.74. The third-order valence-electron chi connectivity index (χ3n) is 4.12. The second-order valence-corrected chi connectivity index (χ2v) is 5.87. The molecule has 0 aliphatic carbocycles. The normalized spacial score (nSPS) is 10.7. The summed E-state index contributed by atoms with van der Waals surface area (Å²) in [5.41, 5.74) is 5.64. The Bertz CT molecular complexity index is 860. The Morgan fingerprint density at radius 3 is 1.83 bits per heavy atom. The molecule has 122 valence electrons. The SMILES string of the molecule is COc1c(F)cc(-c2ccc(-c3ccc(C)cc3)cc2C)cc1F. The van der Waals surface area contributed by atoms with Gasteiger partial charge in [-0.1, -0.05) is 48.0 Å². The van der Waals surface area contributed by atoms with E-state index in [4.69, 9.17) is 4.74 Å². The molecule has 3 aromatic rings. The number of methoxy groups -OCH3 is 1. The van der Waals surface area contributed by atoms with Gasteiger partial charge < -0.3 is 4.74 Å². The maximum Gasteiger partial charge on any atom is 0.190 e. The van der Waals surface area contributed by atoms with Crippen molar-refractivity contribution in [2.24, 2.45) is 0 Å². The van der Waals surface area contributed by atoms with Crippen LogP contribution < -0.4 is 4.74 Å². The fourth-order valence-electron chi connectivity index (χ4n) is 2.82. The molecule has 3 aromatic carbocycles. The summed E-state index contributed by atoms with van der Waals surface area (Å²) in [6.45, 7) is 3.98. The molecule has 0 unspecified atom stereocenters. The minimum atomic E-state index is -0.700. The summed E-state index contributed by atoms with van der Waals surface area (Å²) in [6.07, 6.45) is 0. The maximum absolute atomic E-state index is 13.9. The number of hydrogen-bond acceptors (Lipinski definition) is 1. The van der Waals surface area contributed by atoms with Crippen molar-refractivity contribution >= 4 is 0 Å². The summed E-state index contributed by atoms with van der Waals surface area (Å²) >= 11 is 0. The van der Waals surface area contributed by atoms with E-state index in [0.717, 1.165) is 22.3 Å². The van der Waals surface area contributed by atoms with Crippen molar-refractivity contribution in [1.29, 1.82) is 0 Å². The molecule has 0 atom stereocenters. The molecule has 0 aliphatic heterocycles. The van der Waals surface area contributed by atoms with Crippen LogP contribution in [0.4, 0.5) is 8.78 Å². The average Bonchev–Trinajstić information content (AvgIpc) is 2.55. The summed E-state index contributed by atoms with van der Waals surface area (Å²) in [5.74, 6) is -1.75. The second kappa shape index (κ2) is 6.44. The smallest absolute Gasteiger partial charge is 0.190 e. The minimum absolute atomic E-state index is 0.354. The van der Waals surface area contributed by atoms with Gasteiger partial charge in [-0.15, -0.1) is 0 Å². The lowest BCUT2D eigenvalue weighted by Gasteiger charge is -2.11. The van der Waals surface area contributed by atoms with Crippen molar-refractivity contribution in [1.82, 2.24) is 0 Å². The van der Waals surface area contributed by atoms with Crippen LogP contribution in [0.5, 0.6) is 5.75 Å². The molecular weight excluding hydrogens is 306 g/mol. The van der Waals surface area contributed by atoms with E-state index < -0.39 is 11.6 Å². The Balaban J connectivity index is 2.03. The Morgan fingerprint density at radius 1 is 0.708 bits per heavy atom. The lowest BCUT2D eigenvalue weighted by atomic mass is 9.95. The van der Waals surface area contributed by atoms with E-state index in [0.29, 0.717) is 5.56 Å². The molecular formula is C21H18F2O. The van der Waals surface area contributed by atoms with Crippen LogP contribution in [0.25, 0.3) is 22.3 Å². The first kappa shape index (κ1) is 16.2. The number of aryl methyl sites for hydroxylation is 2. The van der Waals surface area contributed by atoms with Gasteiger partial charge >= 0.3 is 0 Å². The number of benzene rings is 3. The van der Waals surface area contributed by atoms with Crippen molar-refractivity contribution in [2.75, 3.05) is 7.11 Å². The van der Waals surface area contributed by atoms with Crippen LogP contribution in [0.3, 0.4) is 0 Å². The Kier molecular flexibility index (Phi) is 4.34. The minimum Gasteiger partial charge on any atom is -0.491 e. The van der Waals surface area contributed by atoms with Crippen LogP contribution in [0.1, 0.15) is 11.1 Å². The fourth-order valence-corrected chi connectivity index (χ4v) is 2.82. The number of hydrogen-bond donors (Lipinski definition) is 0. The van der Waals surface area contributed by atoms with Gasteiger partial charge in [-0.3, -0.25) is 0 Å². The highest BCUT2D eigenvalue weighted by Crippen LogP contribution is 2.32. The molecule has 0 saturated heterocycles. The van der Waals surface area contributed by atoms with Crippen LogP contribution in [0.2, 0.25) is 0 Å². The topological polar surface area (TPSA) is 9.23 Å². The van der Waals surface area contributed by atoms with Gasteiger partial charge in [0.2, 0.25) is 0 Å². The predicted octanol–water partition coefficient (Wildman–Crippen LogP) is 5.92. The summed E-state index contributed by atoms with van der Waals surface area (Å²) in [5, 5.41) is 0. The van der Waals surface area contributed by atoms with Gasteiger partial charge in [0.15, 0.2) is 17.4 Å². The van der Waals surface area contributed by atoms with E-state index >= 15 is 0 Å². The van der Waals surface area contributed by atoms with Crippen molar-refractivity contribution in [3.05, 3.63) is 77.4 Å². The van der Waals surface area contributed by atoms with E-state index in [1.54, 1.807) is 0 Å². The standard InChI is InChI=1S/C21H18F2O/c1-13-4-6-15(7-5-13)16-8-9-18(14(2)10-16)17-11-19(22)21(24-3)20(23)12-17/h4-12H,1-3H3. The lowest BCUT2D eigenvalue weighted by molar-refractivity contribution is 0.360. The first-order valence-electron chi connectivity index (χ1n) is 7.70. The molecule has 24 heavy (non-hydrogen) atoms. The van der Waals surface area contributed by atoms with Gasteiger partial charge in [0, 0.05) is 0 Å². The zero-order valence-electron chi connectivity index (χ0n) is 13.9. The van der Waals surface area contributed by atoms with E-state index in [-0.39, 0.29) is 5.75 Å². The van der Waals surface area contributed by atoms with Crippen molar-refractivity contribution in [2.45, 2.75) is 13.8 Å². The Hall–Kier alpha value is -2.68. The van der Waals surface area contributed by atoms with Gasteiger partial charge in [0.25, 0.3) is 0 Å². The molecule has 0 amide bonds. The first-order valence-corrected chi connectivity index (χ1v) is 7.70. The molecule has 0 aromatic heterocycles. The zero-order chi connectivity index (χ0) is 17.3. The van der Waals surface area contributed by atoms with E-state index in [9.17, 15) is 8.78 Å². The van der Waals surface area contributed by atoms with Crippen molar-refractivity contribution in [3.63, 3.8) is 0 Å². The van der Waals surface area contributed by atoms with Gasteiger partial charge in [-0.2, -0.15) is 0 Å². The zero-order valence-corrected chi connectivity index (χ0v) is 13.9. The van der Waals surface area contributed by atoms with Gasteiger partial charge in [0.1, 0.15) is 0 Å². The molecule has 0 saturated carbocycles. The quantitative estimate of drug-likeness (QED) is 0.580. The third kappa shape index (κ3) is 3.02. The molecule has 0 spiro atoms. The fraction of sp³-hybridized carbons (Fsp3) is 0.143.